The molecule has 0 saturated carbocycles. The second-order valence-corrected chi connectivity index (χ2v) is 3.68. The van der Waals surface area contributed by atoms with Gasteiger partial charge in [-0.3, -0.25) is 9.69 Å². The molecule has 0 aliphatic carbocycles. The van der Waals surface area contributed by atoms with Crippen LogP contribution in [0.1, 0.15) is 24.0 Å². The summed E-state index contributed by atoms with van der Waals surface area (Å²) in [7, 11) is 0. The molecule has 1 fully saturated rings. The Morgan fingerprint density at radius 1 is 1.67 bits per heavy atom. The van der Waals surface area contributed by atoms with E-state index in [4.69, 9.17) is 15.6 Å². The summed E-state index contributed by atoms with van der Waals surface area (Å²) in [5.41, 5.74) is 0. The van der Waals surface area contributed by atoms with E-state index in [0.717, 1.165) is 0 Å². The normalized spacial score (nSPS) is 18.8. The van der Waals surface area contributed by atoms with E-state index in [1.54, 1.807) is 6.92 Å². The summed E-state index contributed by atoms with van der Waals surface area (Å²) in [6.07, 6.45) is 5.50. The van der Waals surface area contributed by atoms with E-state index in [0.29, 0.717) is 6.54 Å². The van der Waals surface area contributed by atoms with E-state index in [-0.39, 0.29) is 36.8 Å². The van der Waals surface area contributed by atoms with Crippen molar-refractivity contribution in [2.24, 2.45) is 5.92 Å². The van der Waals surface area contributed by atoms with Crippen molar-refractivity contribution < 1.29 is 18.7 Å². The lowest BCUT2D eigenvalue weighted by Crippen LogP contribution is -2.24. The highest BCUT2D eigenvalue weighted by Crippen LogP contribution is 2.23. The highest BCUT2D eigenvalue weighted by atomic mass is 16.5. The van der Waals surface area contributed by atoms with Gasteiger partial charge < -0.3 is 9.15 Å². The smallest absolute Gasteiger partial charge is 0.396 e. The number of terminal acetylenes is 1. The minimum atomic E-state index is -0.712. The van der Waals surface area contributed by atoms with Crippen molar-refractivity contribution in [3.8, 4) is 12.3 Å². The fraction of sp³-hybridized carbons (Fsp3) is 0.455. The summed E-state index contributed by atoms with van der Waals surface area (Å²) in [6, 6.07) is -0.0270. The van der Waals surface area contributed by atoms with Crippen LogP contribution < -0.4 is 4.90 Å². The third kappa shape index (κ3) is 2.18. The van der Waals surface area contributed by atoms with Gasteiger partial charge in [-0.05, 0) is 6.92 Å². The summed E-state index contributed by atoms with van der Waals surface area (Å²) in [6.45, 7) is 2.19. The zero-order chi connectivity index (χ0) is 13.1. The van der Waals surface area contributed by atoms with Gasteiger partial charge in [0.15, 0.2) is 0 Å². The Labute approximate surface area is 103 Å². The zero-order valence-corrected chi connectivity index (χ0v) is 9.75. The molecule has 1 aliphatic rings. The predicted octanol–water partition coefficient (Wildman–Crippen LogP) is 0.232. The maximum atomic E-state index is 11.6. The van der Waals surface area contributed by atoms with Crippen LogP contribution >= 0.6 is 0 Å². The van der Waals surface area contributed by atoms with E-state index >= 15 is 0 Å². The Morgan fingerprint density at radius 2 is 2.44 bits per heavy atom. The number of carbonyl (C=O) groups is 2. The van der Waals surface area contributed by atoms with Crippen molar-refractivity contribution in [2.75, 3.05) is 18.1 Å². The number of esters is 1. The summed E-state index contributed by atoms with van der Waals surface area (Å²) in [5, 5.41) is 7.17. The van der Waals surface area contributed by atoms with Crippen LogP contribution in [0.4, 0.5) is 6.01 Å². The van der Waals surface area contributed by atoms with Gasteiger partial charge in [0.05, 0.1) is 6.61 Å². The first-order chi connectivity index (χ1) is 8.65. The molecule has 1 aromatic heterocycles. The largest absolute Gasteiger partial charge is 0.459 e. The van der Waals surface area contributed by atoms with Crippen molar-refractivity contribution in [1.29, 1.82) is 0 Å². The Bertz CT molecular complexity index is 517. The number of hydrogen-bond donors (Lipinski definition) is 0. The van der Waals surface area contributed by atoms with Crippen LogP contribution in [-0.4, -0.2) is 35.2 Å². The van der Waals surface area contributed by atoms with Gasteiger partial charge >= 0.3 is 17.9 Å². The lowest BCUT2D eigenvalue weighted by molar-refractivity contribution is -0.117. The van der Waals surface area contributed by atoms with Crippen molar-refractivity contribution in [3.05, 3.63) is 5.89 Å². The quantitative estimate of drug-likeness (QED) is 0.563. The lowest BCUT2D eigenvalue weighted by atomic mass is 10.1. The van der Waals surface area contributed by atoms with E-state index in [1.165, 1.54) is 4.90 Å². The Balaban J connectivity index is 2.14. The molecule has 0 N–H and O–H groups in total. The molecule has 0 radical (unpaired) electrons. The molecule has 1 unspecified atom stereocenters. The van der Waals surface area contributed by atoms with E-state index in [2.05, 4.69) is 16.1 Å². The Kier molecular flexibility index (Phi) is 3.28. The van der Waals surface area contributed by atoms with Crippen molar-refractivity contribution in [3.63, 3.8) is 0 Å². The maximum absolute atomic E-state index is 11.6. The van der Waals surface area contributed by atoms with E-state index < -0.39 is 5.97 Å². The molecule has 0 bridgehead atoms. The number of amides is 1. The number of aromatic nitrogens is 2. The molecular formula is C11H11N3O4. The highest BCUT2D eigenvalue weighted by Gasteiger charge is 2.33. The minimum absolute atomic E-state index is 0.0270. The summed E-state index contributed by atoms with van der Waals surface area (Å²) in [5.74, 6) is 1.15. The van der Waals surface area contributed by atoms with Crippen LogP contribution in [0.5, 0.6) is 0 Å². The predicted molar refractivity (Wildman–Crippen MR) is 59.5 cm³/mol. The molecule has 0 aromatic carbocycles. The first-order valence-electron chi connectivity index (χ1n) is 5.42. The van der Waals surface area contributed by atoms with Gasteiger partial charge in [0.25, 0.3) is 0 Å². The van der Waals surface area contributed by atoms with Gasteiger partial charge in [0.1, 0.15) is 0 Å². The van der Waals surface area contributed by atoms with E-state index in [9.17, 15) is 9.59 Å². The maximum Gasteiger partial charge on any atom is 0.396 e. The summed E-state index contributed by atoms with van der Waals surface area (Å²) in [4.78, 5) is 24.2. The zero-order valence-electron chi connectivity index (χ0n) is 9.75. The number of rotatable bonds is 3. The first-order valence-corrected chi connectivity index (χ1v) is 5.42. The fourth-order valence-corrected chi connectivity index (χ4v) is 1.60. The molecule has 2 heterocycles. The molecule has 0 spiro atoms. The van der Waals surface area contributed by atoms with Crippen LogP contribution in [0, 0.1) is 18.3 Å². The van der Waals surface area contributed by atoms with Crippen molar-refractivity contribution in [2.45, 2.75) is 13.3 Å². The molecule has 94 valence electrons. The lowest BCUT2D eigenvalue weighted by Gasteiger charge is -2.08. The van der Waals surface area contributed by atoms with Gasteiger partial charge in [-0.15, -0.1) is 12.3 Å². The molecule has 1 aromatic rings. The van der Waals surface area contributed by atoms with Crippen LogP contribution in [-0.2, 0) is 9.53 Å². The minimum Gasteiger partial charge on any atom is -0.459 e. The molecular weight excluding hydrogens is 238 g/mol. The molecule has 2 rings (SSSR count). The first kappa shape index (κ1) is 12.1. The van der Waals surface area contributed by atoms with Gasteiger partial charge in [-0.2, -0.15) is 0 Å². The fourth-order valence-electron chi connectivity index (χ4n) is 1.60. The van der Waals surface area contributed by atoms with Crippen LogP contribution in [0.25, 0.3) is 0 Å². The topological polar surface area (TPSA) is 85.5 Å². The number of nitrogens with zero attached hydrogens (tertiary/aromatic N) is 3. The van der Waals surface area contributed by atoms with Crippen molar-refractivity contribution >= 4 is 17.9 Å². The average molecular weight is 249 g/mol. The molecule has 1 atom stereocenters. The molecule has 18 heavy (non-hydrogen) atoms. The van der Waals surface area contributed by atoms with Gasteiger partial charge in [-0.1, -0.05) is 10.2 Å². The second-order valence-electron chi connectivity index (χ2n) is 3.68. The standard InChI is InChI=1S/C11H11N3O4/c1-3-7-5-8(15)14(6-7)11-13-12-9(18-11)10(16)17-4-2/h1,7H,4-6H2,2H3. The number of carbonyl (C=O) groups excluding carboxylic acids is 2. The molecule has 1 saturated heterocycles. The summed E-state index contributed by atoms with van der Waals surface area (Å²) < 4.78 is 9.79. The second kappa shape index (κ2) is 4.87. The van der Waals surface area contributed by atoms with Gasteiger partial charge in [-0.25, -0.2) is 4.79 Å². The third-order valence-electron chi connectivity index (χ3n) is 2.46. The molecule has 1 aliphatic heterocycles. The van der Waals surface area contributed by atoms with Crippen LogP contribution in [0.2, 0.25) is 0 Å². The number of hydrogen-bond acceptors (Lipinski definition) is 6. The number of anilines is 1. The van der Waals surface area contributed by atoms with Gasteiger partial charge in [0.2, 0.25) is 5.91 Å². The van der Waals surface area contributed by atoms with E-state index in [1.807, 2.05) is 0 Å². The SMILES string of the molecule is C#CC1CC(=O)N(c2nnc(C(=O)OCC)o2)C1. The van der Waals surface area contributed by atoms with Crippen LogP contribution in [0.15, 0.2) is 4.42 Å². The van der Waals surface area contributed by atoms with Crippen LogP contribution in [0.3, 0.4) is 0 Å². The summed E-state index contributed by atoms with van der Waals surface area (Å²) >= 11 is 0. The Hall–Kier alpha value is -2.36. The monoisotopic (exact) mass is 249 g/mol. The molecule has 1 amide bonds. The Morgan fingerprint density at radius 3 is 3.06 bits per heavy atom. The average Bonchev–Trinajstić information content (AvgIpc) is 2.95. The van der Waals surface area contributed by atoms with Gasteiger partial charge in [0, 0.05) is 18.9 Å². The molecule has 7 nitrogen and oxygen atoms in total. The molecule has 7 heteroatoms. The third-order valence-corrected chi connectivity index (χ3v) is 2.46. The highest BCUT2D eigenvalue weighted by molar-refractivity contribution is 5.94. The number of ether oxygens (including phenoxy) is 1. The van der Waals surface area contributed by atoms with Crippen molar-refractivity contribution in [1.82, 2.24) is 10.2 Å².